The number of carbonyl (C=O) groups excluding carboxylic acids is 1. The molecule has 22 heavy (non-hydrogen) atoms. The summed E-state index contributed by atoms with van der Waals surface area (Å²) in [6.45, 7) is 18.5. The summed E-state index contributed by atoms with van der Waals surface area (Å²) in [7, 11) is 0. The Morgan fingerprint density at radius 1 is 1.14 bits per heavy atom. The standard InChI is InChI=1S/C19H34O3/c1-8-12-18(7,21-14-9-2)13-15-22-19(10-3,11-4)17(20)16(5)6/h9H,2,5,8,10-15H2,1,3-4,6-7H3. The quantitative estimate of drug-likeness (QED) is 0.360. The fourth-order valence-corrected chi connectivity index (χ4v) is 2.75. The Labute approximate surface area is 136 Å². The highest BCUT2D eigenvalue weighted by molar-refractivity contribution is 6.00. The fraction of sp³-hybridized carbons (Fsp3) is 0.737. The van der Waals surface area contributed by atoms with Gasteiger partial charge in [0.25, 0.3) is 0 Å². The summed E-state index contributed by atoms with van der Waals surface area (Å²) in [5.41, 5.74) is -0.414. The summed E-state index contributed by atoms with van der Waals surface area (Å²) < 4.78 is 12.0. The Balaban J connectivity index is 4.80. The molecule has 128 valence electrons. The van der Waals surface area contributed by atoms with Gasteiger partial charge >= 0.3 is 0 Å². The van der Waals surface area contributed by atoms with Gasteiger partial charge in [0.05, 0.1) is 18.8 Å². The molecule has 0 aromatic carbocycles. The Hall–Kier alpha value is -0.930. The minimum Gasteiger partial charge on any atom is -0.371 e. The van der Waals surface area contributed by atoms with E-state index in [1.165, 1.54) is 0 Å². The van der Waals surface area contributed by atoms with Crippen LogP contribution in [0.4, 0.5) is 0 Å². The molecule has 0 saturated heterocycles. The molecule has 0 spiro atoms. The molecule has 3 nitrogen and oxygen atoms in total. The van der Waals surface area contributed by atoms with Crippen LogP contribution in [0.2, 0.25) is 0 Å². The van der Waals surface area contributed by atoms with Gasteiger partial charge in [0.2, 0.25) is 0 Å². The highest BCUT2D eigenvalue weighted by Gasteiger charge is 2.36. The van der Waals surface area contributed by atoms with Crippen molar-refractivity contribution in [1.82, 2.24) is 0 Å². The molecule has 0 aliphatic carbocycles. The molecular formula is C19H34O3. The van der Waals surface area contributed by atoms with Crippen LogP contribution in [0.5, 0.6) is 0 Å². The highest BCUT2D eigenvalue weighted by Crippen LogP contribution is 2.28. The maximum absolute atomic E-state index is 12.4. The molecule has 0 aromatic heterocycles. The zero-order valence-electron chi connectivity index (χ0n) is 15.2. The van der Waals surface area contributed by atoms with E-state index in [4.69, 9.17) is 9.47 Å². The molecule has 0 aliphatic rings. The van der Waals surface area contributed by atoms with Gasteiger partial charge in [0, 0.05) is 0 Å². The SMILES string of the molecule is C=CCOC(C)(CCC)CCOC(CC)(CC)C(=O)C(=C)C. The van der Waals surface area contributed by atoms with Crippen molar-refractivity contribution in [2.45, 2.75) is 77.9 Å². The first-order valence-electron chi connectivity index (χ1n) is 8.40. The van der Waals surface area contributed by atoms with Gasteiger partial charge in [-0.05, 0) is 45.1 Å². The lowest BCUT2D eigenvalue weighted by Gasteiger charge is -2.34. The van der Waals surface area contributed by atoms with E-state index in [1.54, 1.807) is 13.0 Å². The van der Waals surface area contributed by atoms with Gasteiger partial charge in [-0.2, -0.15) is 0 Å². The first-order chi connectivity index (χ1) is 10.3. The number of hydrogen-bond donors (Lipinski definition) is 0. The molecule has 0 aromatic rings. The fourth-order valence-electron chi connectivity index (χ4n) is 2.75. The Morgan fingerprint density at radius 2 is 1.73 bits per heavy atom. The molecule has 0 N–H and O–H groups in total. The van der Waals surface area contributed by atoms with Crippen molar-refractivity contribution < 1.29 is 14.3 Å². The zero-order valence-corrected chi connectivity index (χ0v) is 15.2. The molecule has 1 atom stereocenters. The van der Waals surface area contributed by atoms with Crippen LogP contribution in [0.15, 0.2) is 24.8 Å². The second-order valence-corrected chi connectivity index (χ2v) is 6.21. The zero-order chi connectivity index (χ0) is 17.2. The molecule has 0 bridgehead atoms. The maximum Gasteiger partial charge on any atom is 0.189 e. The van der Waals surface area contributed by atoms with Gasteiger partial charge < -0.3 is 9.47 Å². The van der Waals surface area contributed by atoms with Gasteiger partial charge in [-0.25, -0.2) is 0 Å². The minimum absolute atomic E-state index is 0.0155. The second kappa shape index (κ2) is 9.96. The van der Waals surface area contributed by atoms with Crippen molar-refractivity contribution in [1.29, 1.82) is 0 Å². The summed E-state index contributed by atoms with van der Waals surface area (Å²) in [6, 6.07) is 0. The van der Waals surface area contributed by atoms with Gasteiger partial charge in [0.15, 0.2) is 5.78 Å². The average Bonchev–Trinajstić information content (AvgIpc) is 2.49. The Kier molecular flexibility index (Phi) is 9.54. The van der Waals surface area contributed by atoms with Crippen LogP contribution in [0, 0.1) is 0 Å². The number of ketones is 1. The molecule has 0 radical (unpaired) electrons. The van der Waals surface area contributed by atoms with Crippen LogP contribution < -0.4 is 0 Å². The van der Waals surface area contributed by atoms with E-state index < -0.39 is 5.60 Å². The molecule has 0 saturated carbocycles. The van der Waals surface area contributed by atoms with E-state index in [2.05, 4.69) is 27.0 Å². The summed E-state index contributed by atoms with van der Waals surface area (Å²) in [5.74, 6) is 0.0155. The third-order valence-corrected chi connectivity index (χ3v) is 4.28. The van der Waals surface area contributed by atoms with Crippen molar-refractivity contribution >= 4 is 5.78 Å². The molecule has 0 aliphatic heterocycles. The smallest absolute Gasteiger partial charge is 0.189 e. The van der Waals surface area contributed by atoms with Crippen LogP contribution in [0.1, 0.15) is 66.7 Å². The lowest BCUT2D eigenvalue weighted by Crippen LogP contribution is -2.42. The number of carbonyl (C=O) groups is 1. The topological polar surface area (TPSA) is 35.5 Å². The van der Waals surface area contributed by atoms with E-state index in [0.29, 0.717) is 31.6 Å². The number of hydrogen-bond acceptors (Lipinski definition) is 3. The van der Waals surface area contributed by atoms with E-state index in [1.807, 2.05) is 13.8 Å². The third kappa shape index (κ3) is 6.05. The molecule has 0 rings (SSSR count). The molecule has 0 fully saturated rings. The average molecular weight is 310 g/mol. The third-order valence-electron chi connectivity index (χ3n) is 4.28. The summed E-state index contributed by atoms with van der Waals surface area (Å²) in [5, 5.41) is 0. The molecule has 3 heteroatoms. The van der Waals surface area contributed by atoms with Gasteiger partial charge in [-0.3, -0.25) is 4.79 Å². The second-order valence-electron chi connectivity index (χ2n) is 6.21. The summed E-state index contributed by atoms with van der Waals surface area (Å²) in [6.07, 6.45) is 5.86. The maximum atomic E-state index is 12.4. The largest absolute Gasteiger partial charge is 0.371 e. The van der Waals surface area contributed by atoms with Crippen LogP contribution in [-0.4, -0.2) is 30.2 Å². The van der Waals surface area contributed by atoms with Gasteiger partial charge in [-0.1, -0.05) is 39.8 Å². The van der Waals surface area contributed by atoms with Crippen LogP contribution in [-0.2, 0) is 14.3 Å². The van der Waals surface area contributed by atoms with E-state index in [-0.39, 0.29) is 11.4 Å². The first kappa shape index (κ1) is 21.1. The van der Waals surface area contributed by atoms with Crippen LogP contribution >= 0.6 is 0 Å². The monoisotopic (exact) mass is 310 g/mol. The lowest BCUT2D eigenvalue weighted by atomic mass is 9.88. The molecule has 1 unspecified atom stereocenters. The number of ether oxygens (including phenoxy) is 2. The Morgan fingerprint density at radius 3 is 2.14 bits per heavy atom. The van der Waals surface area contributed by atoms with Crippen LogP contribution in [0.3, 0.4) is 0 Å². The van der Waals surface area contributed by atoms with E-state index >= 15 is 0 Å². The van der Waals surface area contributed by atoms with E-state index in [9.17, 15) is 4.79 Å². The van der Waals surface area contributed by atoms with Crippen molar-refractivity contribution in [3.63, 3.8) is 0 Å². The molecular weight excluding hydrogens is 276 g/mol. The van der Waals surface area contributed by atoms with Crippen LogP contribution in [0.25, 0.3) is 0 Å². The van der Waals surface area contributed by atoms with Crippen molar-refractivity contribution in [3.8, 4) is 0 Å². The van der Waals surface area contributed by atoms with Crippen molar-refractivity contribution in [2.24, 2.45) is 0 Å². The first-order valence-corrected chi connectivity index (χ1v) is 8.40. The predicted molar refractivity (Wildman–Crippen MR) is 93.2 cm³/mol. The van der Waals surface area contributed by atoms with E-state index in [0.717, 1.165) is 19.3 Å². The molecule has 0 amide bonds. The number of Topliss-reactive ketones (excluding diaryl/α,β-unsaturated/α-hetero) is 1. The van der Waals surface area contributed by atoms with Crippen molar-refractivity contribution in [3.05, 3.63) is 24.8 Å². The summed E-state index contributed by atoms with van der Waals surface area (Å²) >= 11 is 0. The summed E-state index contributed by atoms with van der Waals surface area (Å²) in [4.78, 5) is 12.4. The lowest BCUT2D eigenvalue weighted by molar-refractivity contribution is -0.145. The minimum atomic E-state index is -0.739. The van der Waals surface area contributed by atoms with Gasteiger partial charge in [0.1, 0.15) is 5.60 Å². The normalized spacial score (nSPS) is 14.4. The number of rotatable bonds is 13. The van der Waals surface area contributed by atoms with Gasteiger partial charge in [-0.15, -0.1) is 6.58 Å². The molecule has 0 heterocycles. The predicted octanol–water partition coefficient (Wildman–Crippen LogP) is 4.86. The Bertz CT molecular complexity index is 369. The van der Waals surface area contributed by atoms with Crippen molar-refractivity contribution in [2.75, 3.05) is 13.2 Å². The highest BCUT2D eigenvalue weighted by atomic mass is 16.5.